The molecule has 17 rings (SSSR count). The molecule has 4 aliphatic carbocycles. The van der Waals surface area contributed by atoms with Crippen LogP contribution in [0.2, 0.25) is 0 Å². The number of benzene rings is 9. The molecule has 73 heavy (non-hydrogen) atoms. The largest absolute Gasteiger partial charge is 0.453 e. The summed E-state index contributed by atoms with van der Waals surface area (Å²) < 4.78 is 7.77. The Morgan fingerprint density at radius 3 is 1.75 bits per heavy atom. The Balaban J connectivity index is 0.978. The van der Waals surface area contributed by atoms with Crippen LogP contribution in [-0.2, 0) is 29.1 Å². The number of rotatable bonds is 3. The summed E-state index contributed by atoms with van der Waals surface area (Å²) in [6.07, 6.45) is 5.92. The first-order valence-corrected chi connectivity index (χ1v) is 25.8. The number of pyridine rings is 2. The van der Waals surface area contributed by atoms with Crippen LogP contribution in [0.3, 0.4) is 0 Å². The zero-order chi connectivity index (χ0) is 48.0. The maximum absolute atomic E-state index is 7.77. The Hall–Kier alpha value is -8.86. The highest BCUT2D eigenvalue weighted by Crippen LogP contribution is 2.65. The second-order valence-electron chi connectivity index (χ2n) is 21.4. The van der Waals surface area contributed by atoms with Crippen molar-refractivity contribution in [1.82, 2.24) is 9.97 Å². The normalized spacial score (nSPS) is 16.0. The maximum atomic E-state index is 7.77. The van der Waals surface area contributed by atoms with E-state index in [2.05, 4.69) is 219 Å². The minimum absolute atomic E-state index is 0.322. The quantitative estimate of drug-likeness (QED) is 0.177. The summed E-state index contributed by atoms with van der Waals surface area (Å²) in [4.78, 5) is 12.7. The first kappa shape index (κ1) is 39.8. The molecular formula is C69H45N3O. The van der Waals surface area contributed by atoms with Crippen LogP contribution >= 0.6 is 0 Å². The Bertz CT molecular complexity index is 4330. The van der Waals surface area contributed by atoms with Gasteiger partial charge in [-0.1, -0.05) is 178 Å². The van der Waals surface area contributed by atoms with E-state index in [1.54, 1.807) is 0 Å². The lowest BCUT2D eigenvalue weighted by molar-refractivity contribution is 0.629. The highest BCUT2D eigenvalue weighted by Gasteiger charge is 2.53. The number of aromatic nitrogens is 2. The molecule has 0 atom stereocenters. The first-order valence-electron chi connectivity index (χ1n) is 25.8. The average molecular weight is 932 g/mol. The minimum atomic E-state index is -0.649. The summed E-state index contributed by atoms with van der Waals surface area (Å²) in [5.41, 5.74) is 25.8. The number of aryl methyl sites for hydroxylation is 2. The highest BCUT2D eigenvalue weighted by molar-refractivity contribution is 6.19. The van der Waals surface area contributed by atoms with Gasteiger partial charge in [-0.15, -0.1) is 0 Å². The molecule has 9 aromatic carbocycles. The molecule has 0 saturated heterocycles. The molecule has 0 amide bonds. The van der Waals surface area contributed by atoms with E-state index in [9.17, 15) is 0 Å². The van der Waals surface area contributed by atoms with Crippen LogP contribution in [0.4, 0.5) is 17.1 Å². The van der Waals surface area contributed by atoms with E-state index in [1.807, 2.05) is 12.4 Å². The fourth-order valence-corrected chi connectivity index (χ4v) is 15.0. The van der Waals surface area contributed by atoms with Gasteiger partial charge in [-0.25, -0.2) is 0 Å². The summed E-state index contributed by atoms with van der Waals surface area (Å²) >= 11 is 0. The smallest absolute Gasteiger partial charge is 0.159 e. The lowest BCUT2D eigenvalue weighted by Gasteiger charge is -2.43. The Morgan fingerprint density at radius 2 is 1.01 bits per heavy atom. The molecule has 0 saturated carbocycles. The van der Waals surface area contributed by atoms with Crippen molar-refractivity contribution >= 4 is 49.8 Å². The Labute approximate surface area is 422 Å². The molecule has 4 heterocycles. The van der Waals surface area contributed by atoms with Gasteiger partial charge in [0, 0.05) is 34.1 Å². The maximum Gasteiger partial charge on any atom is 0.159 e. The van der Waals surface area contributed by atoms with Gasteiger partial charge in [0.1, 0.15) is 5.58 Å². The summed E-state index contributed by atoms with van der Waals surface area (Å²) in [7, 11) is 0. The van der Waals surface area contributed by atoms with Gasteiger partial charge in [0.2, 0.25) is 0 Å². The van der Waals surface area contributed by atoms with Crippen LogP contribution in [0, 0.1) is 0 Å². The molecule has 1 aliphatic heterocycles. The van der Waals surface area contributed by atoms with Crippen LogP contribution in [0.25, 0.3) is 66.4 Å². The fourth-order valence-electron chi connectivity index (χ4n) is 15.0. The van der Waals surface area contributed by atoms with E-state index in [0.717, 1.165) is 68.8 Å². The van der Waals surface area contributed by atoms with Crippen LogP contribution < -0.4 is 4.90 Å². The van der Waals surface area contributed by atoms with Crippen molar-refractivity contribution in [3.8, 4) is 33.6 Å². The topological polar surface area (TPSA) is 42.2 Å². The third-order valence-electron chi connectivity index (χ3n) is 17.9. The lowest BCUT2D eigenvalue weighted by atomic mass is 9.61. The van der Waals surface area contributed by atoms with Crippen molar-refractivity contribution in [3.63, 3.8) is 0 Å². The van der Waals surface area contributed by atoms with Gasteiger partial charge < -0.3 is 9.32 Å². The standard InChI is InChI=1S/C69H45N3O/c1-67(2)50-23-11-12-26-57(50)72(59-39-55-48(38-56(59)67)44-20-9-10-22-49(44)68(55,42-16-5-3-6-17-42)43-18-7-4-8-19-43)58-27-13-21-45-46-33-35-52-62(66(46)73-65(45)58)47-32-30-40-28-29-41-31-34-51(61(47)60(40)41)69(52)53-24-14-36-70-63(53)64-54(69)25-15-37-71-64/h3-27,30-39H,28-29H2,1-2H3. The molecule has 1 spiro atoms. The minimum Gasteiger partial charge on any atom is -0.453 e. The molecule has 0 N–H and O–H groups in total. The van der Waals surface area contributed by atoms with Crippen LogP contribution in [0.5, 0.6) is 0 Å². The van der Waals surface area contributed by atoms with Crippen molar-refractivity contribution < 1.29 is 4.42 Å². The molecule has 0 fully saturated rings. The van der Waals surface area contributed by atoms with Gasteiger partial charge >= 0.3 is 0 Å². The molecule has 4 nitrogen and oxygen atoms in total. The SMILES string of the molecule is CC1(C)c2ccccc2N(c2cccc3c2oc2c4c(ccc23)C2(c3cccnc3-c3ncccc32)c2ccc3c5c(ccc-4c25)CC3)c2cc3c(cc21)-c1ccccc1C3(c1ccccc1)c1ccccc1. The Morgan fingerprint density at radius 1 is 0.397 bits per heavy atom. The molecule has 3 aromatic heterocycles. The number of hydrogen-bond donors (Lipinski definition) is 0. The van der Waals surface area contributed by atoms with Crippen LogP contribution in [-0.4, -0.2) is 9.97 Å². The van der Waals surface area contributed by atoms with E-state index < -0.39 is 10.8 Å². The number of anilines is 3. The summed E-state index contributed by atoms with van der Waals surface area (Å²) in [5.74, 6) is 0. The van der Waals surface area contributed by atoms with Crippen molar-refractivity contribution in [1.29, 1.82) is 0 Å². The molecular weight excluding hydrogens is 887 g/mol. The molecule has 12 aromatic rings. The van der Waals surface area contributed by atoms with Crippen molar-refractivity contribution in [2.75, 3.05) is 4.90 Å². The van der Waals surface area contributed by atoms with Crippen molar-refractivity contribution in [2.45, 2.75) is 42.9 Å². The van der Waals surface area contributed by atoms with Gasteiger partial charge in [-0.05, 0) is 143 Å². The second kappa shape index (κ2) is 13.8. The van der Waals surface area contributed by atoms with Gasteiger partial charge in [-0.3, -0.25) is 9.97 Å². The zero-order valence-electron chi connectivity index (χ0n) is 40.4. The van der Waals surface area contributed by atoms with Crippen molar-refractivity contribution in [2.24, 2.45) is 0 Å². The zero-order valence-corrected chi connectivity index (χ0v) is 40.4. The predicted octanol–water partition coefficient (Wildman–Crippen LogP) is 16.4. The van der Waals surface area contributed by atoms with Gasteiger partial charge in [0.15, 0.2) is 5.58 Å². The number of para-hydroxylation sites is 2. The van der Waals surface area contributed by atoms with Crippen molar-refractivity contribution in [3.05, 3.63) is 279 Å². The fraction of sp³-hybridized carbons (Fsp3) is 0.101. The second-order valence-corrected chi connectivity index (χ2v) is 21.4. The van der Waals surface area contributed by atoms with E-state index in [-0.39, 0.29) is 5.41 Å². The summed E-state index contributed by atoms with van der Waals surface area (Å²) in [5, 5.41) is 4.93. The molecule has 5 aliphatic rings. The van der Waals surface area contributed by atoms with Crippen LogP contribution in [0.15, 0.2) is 217 Å². The molecule has 0 unspecified atom stereocenters. The van der Waals surface area contributed by atoms with E-state index in [0.29, 0.717) is 0 Å². The lowest BCUT2D eigenvalue weighted by Crippen LogP contribution is -2.32. The molecule has 4 heteroatoms. The first-order chi connectivity index (χ1) is 36.0. The number of furan rings is 1. The third kappa shape index (κ3) is 4.66. The predicted molar refractivity (Wildman–Crippen MR) is 295 cm³/mol. The monoisotopic (exact) mass is 931 g/mol. The Kier molecular flexibility index (Phi) is 7.50. The van der Waals surface area contributed by atoms with E-state index in [4.69, 9.17) is 14.4 Å². The molecule has 342 valence electrons. The number of hydrogen-bond acceptors (Lipinski definition) is 4. The average Bonchev–Trinajstić information content (AvgIpc) is 4.21. The van der Waals surface area contributed by atoms with Crippen LogP contribution in [0.1, 0.15) is 80.6 Å². The highest BCUT2D eigenvalue weighted by atomic mass is 16.3. The molecule has 0 radical (unpaired) electrons. The number of nitrogens with zero attached hydrogens (tertiary/aromatic N) is 3. The van der Waals surface area contributed by atoms with E-state index in [1.165, 1.54) is 94.2 Å². The van der Waals surface area contributed by atoms with Gasteiger partial charge in [0.05, 0.1) is 39.3 Å². The summed E-state index contributed by atoms with van der Waals surface area (Å²) in [6, 6.07) is 75.3. The van der Waals surface area contributed by atoms with E-state index >= 15 is 0 Å². The van der Waals surface area contributed by atoms with Gasteiger partial charge in [-0.2, -0.15) is 0 Å². The number of fused-ring (bicyclic) bond motifs is 18. The molecule has 0 bridgehead atoms. The summed E-state index contributed by atoms with van der Waals surface area (Å²) in [6.45, 7) is 4.80. The third-order valence-corrected chi connectivity index (χ3v) is 17.9. The van der Waals surface area contributed by atoms with Gasteiger partial charge in [0.25, 0.3) is 0 Å².